The van der Waals surface area contributed by atoms with E-state index in [9.17, 15) is 4.79 Å². The molecule has 2 atom stereocenters. The van der Waals surface area contributed by atoms with E-state index in [1.807, 2.05) is 7.05 Å². The van der Waals surface area contributed by atoms with Crippen LogP contribution in [-0.2, 0) is 4.79 Å². The van der Waals surface area contributed by atoms with Crippen molar-refractivity contribution in [2.24, 2.45) is 11.7 Å². The summed E-state index contributed by atoms with van der Waals surface area (Å²) in [6, 6.07) is 0. The van der Waals surface area contributed by atoms with Gasteiger partial charge in [-0.3, -0.25) is 4.79 Å². The van der Waals surface area contributed by atoms with Gasteiger partial charge in [0.1, 0.15) is 5.54 Å². The summed E-state index contributed by atoms with van der Waals surface area (Å²) in [6.07, 6.45) is 5.23. The summed E-state index contributed by atoms with van der Waals surface area (Å²) in [6.45, 7) is 7.76. The van der Waals surface area contributed by atoms with Crippen LogP contribution in [0.25, 0.3) is 0 Å². The van der Waals surface area contributed by atoms with E-state index in [-0.39, 0.29) is 11.4 Å². The molecule has 1 aliphatic carbocycles. The normalized spacial score (nSPS) is 28.0. The summed E-state index contributed by atoms with van der Waals surface area (Å²) in [5, 5.41) is 3.21. The van der Waals surface area contributed by atoms with Gasteiger partial charge >= 0.3 is 0 Å². The van der Waals surface area contributed by atoms with Crippen molar-refractivity contribution in [1.82, 2.24) is 10.2 Å². The molecule has 0 saturated heterocycles. The van der Waals surface area contributed by atoms with Crippen molar-refractivity contribution in [2.45, 2.75) is 64.0 Å². The Kier molecular flexibility index (Phi) is 5.39. The number of nitrogens with zero attached hydrogens (tertiary/aromatic N) is 1. The van der Waals surface area contributed by atoms with Crippen molar-refractivity contribution in [1.29, 1.82) is 0 Å². The molecular weight excluding hydrogens is 238 g/mol. The van der Waals surface area contributed by atoms with Gasteiger partial charge in [0.15, 0.2) is 0 Å². The molecule has 1 aliphatic rings. The predicted octanol–water partition coefficient (Wildman–Crippen LogP) is 1.74. The second-order valence-electron chi connectivity index (χ2n) is 6.55. The lowest BCUT2D eigenvalue weighted by atomic mass is 9.83. The van der Waals surface area contributed by atoms with Gasteiger partial charge in [-0.1, -0.05) is 13.3 Å². The fourth-order valence-electron chi connectivity index (χ4n) is 3.17. The minimum Gasteiger partial charge on any atom is -0.368 e. The summed E-state index contributed by atoms with van der Waals surface area (Å²) in [7, 11) is 4.03. The molecule has 4 nitrogen and oxygen atoms in total. The number of rotatable bonds is 7. The third-order valence-electron chi connectivity index (χ3n) is 5.42. The second kappa shape index (κ2) is 6.23. The van der Waals surface area contributed by atoms with E-state index in [4.69, 9.17) is 5.73 Å². The molecule has 0 aromatic rings. The number of hydrogen-bond acceptors (Lipinski definition) is 3. The fourth-order valence-corrected chi connectivity index (χ4v) is 3.17. The average Bonchev–Trinajstić information content (AvgIpc) is 2.79. The minimum absolute atomic E-state index is 0.185. The first kappa shape index (κ1) is 16.4. The molecule has 1 rings (SSSR count). The lowest BCUT2D eigenvalue weighted by Crippen LogP contribution is -2.57. The topological polar surface area (TPSA) is 58.4 Å². The summed E-state index contributed by atoms with van der Waals surface area (Å²) in [5.74, 6) is 0.181. The number of nitrogens with two attached hydrogens (primary N) is 1. The fraction of sp³-hybridized carbons (Fsp3) is 0.933. The van der Waals surface area contributed by atoms with Crippen LogP contribution in [0, 0.1) is 5.92 Å². The molecule has 0 spiro atoms. The molecule has 0 aliphatic heterocycles. The monoisotopic (exact) mass is 269 g/mol. The molecule has 1 fully saturated rings. The van der Waals surface area contributed by atoms with Crippen molar-refractivity contribution < 1.29 is 4.79 Å². The number of carbonyl (C=O) groups is 1. The highest BCUT2D eigenvalue weighted by molar-refractivity contribution is 5.85. The van der Waals surface area contributed by atoms with Gasteiger partial charge < -0.3 is 16.0 Å². The third-order valence-corrected chi connectivity index (χ3v) is 5.42. The van der Waals surface area contributed by atoms with Gasteiger partial charge in [0.25, 0.3) is 0 Å². The molecule has 0 aromatic carbocycles. The number of amides is 1. The first-order valence-corrected chi connectivity index (χ1v) is 7.50. The van der Waals surface area contributed by atoms with E-state index in [0.29, 0.717) is 5.92 Å². The molecule has 3 N–H and O–H groups in total. The minimum atomic E-state index is -0.475. The maximum absolute atomic E-state index is 11.8. The molecule has 1 amide bonds. The average molecular weight is 269 g/mol. The highest BCUT2D eigenvalue weighted by Gasteiger charge is 2.46. The Morgan fingerprint density at radius 3 is 2.63 bits per heavy atom. The molecule has 2 unspecified atom stereocenters. The maximum Gasteiger partial charge on any atom is 0.238 e. The highest BCUT2D eigenvalue weighted by Crippen LogP contribution is 2.38. The standard InChI is InChI=1S/C15H31N3O/c1-6-14(2,3)18(5)11-9-12-8-7-10-15(12,17-4)13(16)19/h12,17H,6-11H2,1-5H3,(H2,16,19). The van der Waals surface area contributed by atoms with Crippen LogP contribution in [0.1, 0.15) is 52.9 Å². The van der Waals surface area contributed by atoms with E-state index < -0.39 is 5.54 Å². The lowest BCUT2D eigenvalue weighted by Gasteiger charge is -2.38. The predicted molar refractivity (Wildman–Crippen MR) is 79.9 cm³/mol. The second-order valence-corrected chi connectivity index (χ2v) is 6.55. The van der Waals surface area contributed by atoms with Gasteiger partial charge in [-0.25, -0.2) is 0 Å². The van der Waals surface area contributed by atoms with Crippen molar-refractivity contribution in [3.8, 4) is 0 Å². The quantitative estimate of drug-likeness (QED) is 0.740. The molecule has 0 heterocycles. The van der Waals surface area contributed by atoms with Crippen molar-refractivity contribution in [2.75, 3.05) is 20.6 Å². The Labute approximate surface area is 118 Å². The van der Waals surface area contributed by atoms with Gasteiger partial charge in [-0.05, 0) is 66.1 Å². The van der Waals surface area contributed by atoms with E-state index in [2.05, 4.69) is 38.0 Å². The van der Waals surface area contributed by atoms with Crippen molar-refractivity contribution >= 4 is 5.91 Å². The van der Waals surface area contributed by atoms with E-state index in [0.717, 1.165) is 38.6 Å². The van der Waals surface area contributed by atoms with Crippen LogP contribution in [0.4, 0.5) is 0 Å². The van der Waals surface area contributed by atoms with Gasteiger partial charge in [-0.2, -0.15) is 0 Å². The van der Waals surface area contributed by atoms with Crippen LogP contribution >= 0.6 is 0 Å². The molecule has 1 saturated carbocycles. The van der Waals surface area contributed by atoms with Crippen LogP contribution in [0.5, 0.6) is 0 Å². The Morgan fingerprint density at radius 1 is 1.53 bits per heavy atom. The zero-order chi connectivity index (χ0) is 14.7. The molecule has 4 heteroatoms. The Morgan fingerprint density at radius 2 is 2.16 bits per heavy atom. The van der Waals surface area contributed by atoms with Crippen LogP contribution in [0.15, 0.2) is 0 Å². The van der Waals surface area contributed by atoms with E-state index in [1.165, 1.54) is 0 Å². The number of likely N-dealkylation sites (N-methyl/N-ethyl adjacent to an activating group) is 1. The lowest BCUT2D eigenvalue weighted by molar-refractivity contribution is -0.125. The van der Waals surface area contributed by atoms with E-state index in [1.54, 1.807) is 0 Å². The van der Waals surface area contributed by atoms with Crippen LogP contribution in [0.3, 0.4) is 0 Å². The van der Waals surface area contributed by atoms with Crippen LogP contribution < -0.4 is 11.1 Å². The number of nitrogens with one attached hydrogen (secondary N) is 1. The van der Waals surface area contributed by atoms with E-state index >= 15 is 0 Å². The maximum atomic E-state index is 11.8. The largest absolute Gasteiger partial charge is 0.368 e. The Bertz CT molecular complexity index is 317. The molecule has 0 bridgehead atoms. The first-order chi connectivity index (χ1) is 8.80. The smallest absolute Gasteiger partial charge is 0.238 e. The molecule has 19 heavy (non-hydrogen) atoms. The summed E-state index contributed by atoms with van der Waals surface area (Å²) in [4.78, 5) is 14.2. The van der Waals surface area contributed by atoms with Gasteiger partial charge in [0, 0.05) is 5.54 Å². The van der Waals surface area contributed by atoms with Gasteiger partial charge in [0.05, 0.1) is 0 Å². The third kappa shape index (κ3) is 3.29. The SMILES string of the molecule is CCC(C)(C)N(C)CCC1CCCC1(NC)C(N)=O. The summed E-state index contributed by atoms with van der Waals surface area (Å²) >= 11 is 0. The van der Waals surface area contributed by atoms with Gasteiger partial charge in [0.2, 0.25) is 5.91 Å². The number of primary amides is 1. The molecule has 112 valence electrons. The van der Waals surface area contributed by atoms with Crippen molar-refractivity contribution in [3.05, 3.63) is 0 Å². The summed E-state index contributed by atoms with van der Waals surface area (Å²) < 4.78 is 0. The number of carbonyl (C=O) groups excluding carboxylic acids is 1. The Hall–Kier alpha value is -0.610. The molecule has 0 radical (unpaired) electrons. The highest BCUT2D eigenvalue weighted by atomic mass is 16.1. The summed E-state index contributed by atoms with van der Waals surface area (Å²) in [5.41, 5.74) is 5.38. The number of hydrogen-bond donors (Lipinski definition) is 2. The first-order valence-electron chi connectivity index (χ1n) is 7.50. The van der Waals surface area contributed by atoms with Crippen LogP contribution in [0.2, 0.25) is 0 Å². The zero-order valence-electron chi connectivity index (χ0n) is 13.3. The van der Waals surface area contributed by atoms with Crippen molar-refractivity contribution in [3.63, 3.8) is 0 Å². The molecular formula is C15H31N3O. The molecule has 0 aromatic heterocycles. The van der Waals surface area contributed by atoms with Crippen LogP contribution in [-0.4, -0.2) is 42.5 Å². The Balaban J connectivity index is 2.64. The van der Waals surface area contributed by atoms with Gasteiger partial charge in [-0.15, -0.1) is 0 Å². The zero-order valence-corrected chi connectivity index (χ0v) is 13.3.